The van der Waals surface area contributed by atoms with Gasteiger partial charge in [-0.15, -0.1) is 0 Å². The third-order valence-electron chi connectivity index (χ3n) is 2.36. The van der Waals surface area contributed by atoms with Crippen molar-refractivity contribution < 1.29 is 14.5 Å². The zero-order valence-corrected chi connectivity index (χ0v) is 10.3. The van der Waals surface area contributed by atoms with Crippen molar-refractivity contribution in [2.45, 2.75) is 38.5 Å². The lowest BCUT2D eigenvalue weighted by molar-refractivity contribution is -0.467. The minimum Gasteiger partial charge on any atom is -0.481 e. The third kappa shape index (κ3) is 9.30. The van der Waals surface area contributed by atoms with E-state index in [4.69, 9.17) is 10.8 Å². The van der Waals surface area contributed by atoms with Crippen LogP contribution in [-0.2, 0) is 4.79 Å². The molecule has 0 atom stereocenters. The maximum atomic E-state index is 10.2. The summed E-state index contributed by atoms with van der Waals surface area (Å²) in [6.45, 7) is 0.878. The van der Waals surface area contributed by atoms with Gasteiger partial charge in [-0.2, -0.15) is 0 Å². The first-order valence-electron chi connectivity index (χ1n) is 5.79. The lowest BCUT2D eigenvalue weighted by atomic mass is 10.1. The van der Waals surface area contributed by atoms with Crippen molar-refractivity contribution in [1.29, 1.82) is 0 Å². The maximum Gasteiger partial charge on any atom is 0.342 e. The van der Waals surface area contributed by atoms with Gasteiger partial charge in [0.05, 0.1) is 20.6 Å². The molecule has 0 aliphatic carbocycles. The second-order valence-corrected chi connectivity index (χ2v) is 4.12. The summed E-state index contributed by atoms with van der Waals surface area (Å²) in [5.74, 6) is -0.0131. The monoisotopic (exact) mass is 230 g/mol. The van der Waals surface area contributed by atoms with Crippen LogP contribution in [0.5, 0.6) is 0 Å². The first kappa shape index (κ1) is 14.7. The lowest BCUT2D eigenvalue weighted by Gasteiger charge is -2.02. The van der Waals surface area contributed by atoms with E-state index in [1.54, 1.807) is 0 Å². The number of carboxylic acid groups (broad SMARTS) is 1. The predicted octanol–water partition coefficient (Wildman–Crippen LogP) is 0.588. The van der Waals surface area contributed by atoms with Gasteiger partial charge in [-0.05, 0) is 12.8 Å². The van der Waals surface area contributed by atoms with E-state index in [0.717, 1.165) is 38.6 Å². The number of carboxylic acids is 1. The molecule has 4 N–H and O–H groups in total. The zero-order valence-electron chi connectivity index (χ0n) is 10.3. The summed E-state index contributed by atoms with van der Waals surface area (Å²) >= 11 is 0. The Kier molecular flexibility index (Phi) is 8.29. The Balaban J connectivity index is 3.22. The predicted molar refractivity (Wildman–Crippen MR) is 64.6 cm³/mol. The van der Waals surface area contributed by atoms with E-state index < -0.39 is 5.97 Å². The molecule has 0 amide bonds. The number of guanidine groups is 1. The van der Waals surface area contributed by atoms with Crippen LogP contribution in [0.1, 0.15) is 38.5 Å². The van der Waals surface area contributed by atoms with Crippen molar-refractivity contribution in [2.75, 3.05) is 20.6 Å². The molecule has 0 heterocycles. The number of unbranched alkanes of at least 4 members (excludes halogenated alkanes) is 4. The molecule has 0 unspecified atom stereocenters. The van der Waals surface area contributed by atoms with Gasteiger partial charge in [-0.3, -0.25) is 20.4 Å². The van der Waals surface area contributed by atoms with Crippen LogP contribution in [0.15, 0.2) is 0 Å². The van der Waals surface area contributed by atoms with Gasteiger partial charge in [-0.25, -0.2) is 0 Å². The van der Waals surface area contributed by atoms with Crippen molar-refractivity contribution in [3.8, 4) is 0 Å². The molecule has 0 radical (unpaired) electrons. The highest BCUT2D eigenvalue weighted by Gasteiger charge is 1.99. The first-order valence-corrected chi connectivity index (χ1v) is 5.79. The van der Waals surface area contributed by atoms with E-state index in [9.17, 15) is 4.79 Å². The SMILES string of the molecule is C[N+](C)=C(N)NCCCCCCCC(=O)O. The Labute approximate surface area is 97.3 Å². The molecule has 16 heavy (non-hydrogen) atoms. The third-order valence-corrected chi connectivity index (χ3v) is 2.36. The van der Waals surface area contributed by atoms with Crippen LogP contribution >= 0.6 is 0 Å². The van der Waals surface area contributed by atoms with Crippen LogP contribution in [0, 0.1) is 0 Å². The summed E-state index contributed by atoms with van der Waals surface area (Å²) in [6, 6.07) is 0. The molecule has 0 aromatic rings. The second kappa shape index (κ2) is 9.00. The first-order chi connectivity index (χ1) is 7.54. The topological polar surface area (TPSA) is 78.4 Å². The highest BCUT2D eigenvalue weighted by atomic mass is 16.4. The fourth-order valence-electron chi connectivity index (χ4n) is 1.31. The van der Waals surface area contributed by atoms with E-state index in [2.05, 4.69) is 5.32 Å². The molecule has 0 rings (SSSR count). The Bertz CT molecular complexity index is 235. The van der Waals surface area contributed by atoms with Crippen LogP contribution in [0.3, 0.4) is 0 Å². The number of hydrogen-bond donors (Lipinski definition) is 3. The molecule has 5 nitrogen and oxygen atoms in total. The van der Waals surface area contributed by atoms with E-state index >= 15 is 0 Å². The van der Waals surface area contributed by atoms with Crippen molar-refractivity contribution in [2.24, 2.45) is 5.73 Å². The smallest absolute Gasteiger partial charge is 0.342 e. The van der Waals surface area contributed by atoms with Gasteiger partial charge in [-0.1, -0.05) is 19.3 Å². The van der Waals surface area contributed by atoms with Gasteiger partial charge in [0, 0.05) is 6.42 Å². The van der Waals surface area contributed by atoms with Crippen LogP contribution in [0.2, 0.25) is 0 Å². The van der Waals surface area contributed by atoms with Crippen LogP contribution in [0.25, 0.3) is 0 Å². The quantitative estimate of drug-likeness (QED) is 0.247. The van der Waals surface area contributed by atoms with Gasteiger partial charge >= 0.3 is 11.9 Å². The molecular formula is C11H24N3O2+. The molecule has 0 spiro atoms. The molecule has 0 aromatic carbocycles. The summed E-state index contributed by atoms with van der Waals surface area (Å²) < 4.78 is 1.84. The van der Waals surface area contributed by atoms with Gasteiger partial charge in [0.2, 0.25) is 0 Å². The van der Waals surface area contributed by atoms with Crippen molar-refractivity contribution in [3.63, 3.8) is 0 Å². The normalized spacial score (nSPS) is 9.88. The minimum absolute atomic E-state index is 0.291. The fraction of sp³-hybridized carbons (Fsp3) is 0.818. The summed E-state index contributed by atoms with van der Waals surface area (Å²) in [6.07, 6.45) is 5.36. The number of nitrogens with one attached hydrogen (secondary N) is 1. The highest BCUT2D eigenvalue weighted by molar-refractivity contribution is 5.72. The summed E-state index contributed by atoms with van der Waals surface area (Å²) in [7, 11) is 3.79. The molecule has 0 saturated heterocycles. The molecule has 0 saturated carbocycles. The maximum absolute atomic E-state index is 10.2. The molecule has 0 aromatic heterocycles. The molecule has 0 aliphatic heterocycles. The standard InChI is InChI=1S/C11H23N3O2/c1-14(2)11(12)13-9-7-5-3-4-6-8-10(15)16/h3-9H2,1-2H3,(H3,12,13,15,16)/p+1. The number of nitrogens with zero attached hydrogens (tertiary/aromatic N) is 1. The molecular weight excluding hydrogens is 206 g/mol. The Hall–Kier alpha value is -1.26. The molecule has 94 valence electrons. The second-order valence-electron chi connectivity index (χ2n) is 4.12. The van der Waals surface area contributed by atoms with Crippen molar-refractivity contribution in [1.82, 2.24) is 5.32 Å². The number of rotatable bonds is 8. The summed E-state index contributed by atoms with van der Waals surface area (Å²) in [4.78, 5) is 10.2. The minimum atomic E-state index is -0.699. The zero-order chi connectivity index (χ0) is 12.4. The Morgan fingerprint density at radius 3 is 2.31 bits per heavy atom. The largest absolute Gasteiger partial charge is 0.481 e. The average molecular weight is 230 g/mol. The summed E-state index contributed by atoms with van der Waals surface area (Å²) in [5.41, 5.74) is 5.68. The molecule has 5 heteroatoms. The molecule has 0 bridgehead atoms. The van der Waals surface area contributed by atoms with Gasteiger partial charge in [0.1, 0.15) is 0 Å². The van der Waals surface area contributed by atoms with E-state index in [1.807, 2.05) is 18.7 Å². The Morgan fingerprint density at radius 1 is 1.19 bits per heavy atom. The fourth-order valence-corrected chi connectivity index (χ4v) is 1.31. The lowest BCUT2D eigenvalue weighted by Crippen LogP contribution is -2.38. The van der Waals surface area contributed by atoms with Crippen LogP contribution in [-0.4, -0.2) is 42.3 Å². The Morgan fingerprint density at radius 2 is 1.75 bits per heavy atom. The number of carbonyl (C=O) groups is 1. The van der Waals surface area contributed by atoms with Crippen LogP contribution < -0.4 is 11.1 Å². The number of aliphatic carboxylic acids is 1. The summed E-state index contributed by atoms with van der Waals surface area (Å²) in [5, 5.41) is 11.6. The molecule has 0 aliphatic rings. The van der Waals surface area contributed by atoms with Gasteiger partial charge < -0.3 is 5.11 Å². The highest BCUT2D eigenvalue weighted by Crippen LogP contribution is 2.04. The van der Waals surface area contributed by atoms with Crippen molar-refractivity contribution >= 4 is 11.9 Å². The van der Waals surface area contributed by atoms with E-state index in [1.165, 1.54) is 0 Å². The van der Waals surface area contributed by atoms with E-state index in [-0.39, 0.29) is 0 Å². The van der Waals surface area contributed by atoms with Gasteiger partial charge in [0.25, 0.3) is 0 Å². The van der Waals surface area contributed by atoms with Crippen LogP contribution in [0.4, 0.5) is 0 Å². The van der Waals surface area contributed by atoms with E-state index in [0.29, 0.717) is 12.4 Å². The molecule has 0 fully saturated rings. The van der Waals surface area contributed by atoms with Crippen molar-refractivity contribution in [3.05, 3.63) is 0 Å². The average Bonchev–Trinajstić information content (AvgIpc) is 2.21. The number of nitrogens with two attached hydrogens (primary N) is 1. The van der Waals surface area contributed by atoms with Gasteiger partial charge in [0.15, 0.2) is 0 Å². The number of hydrogen-bond acceptors (Lipinski definition) is 1.